The second-order valence-corrected chi connectivity index (χ2v) is 17.1. The van der Waals surface area contributed by atoms with Crippen LogP contribution in [0.3, 0.4) is 0 Å². The van der Waals surface area contributed by atoms with Gasteiger partial charge in [0.1, 0.15) is 13.2 Å². The molecule has 0 amide bonds. The lowest BCUT2D eigenvalue weighted by Gasteiger charge is -2.18. The Morgan fingerprint density at radius 1 is 0.350 bits per heavy atom. The molecule has 0 saturated carbocycles. The van der Waals surface area contributed by atoms with Gasteiger partial charge in [-0.2, -0.15) is 0 Å². The highest BCUT2D eigenvalue weighted by Gasteiger charge is 2.19. The zero-order valence-corrected chi connectivity index (χ0v) is 39.7. The van der Waals surface area contributed by atoms with Gasteiger partial charge in [0.05, 0.1) is 0 Å². The predicted molar refractivity (Wildman–Crippen MR) is 256 cm³/mol. The summed E-state index contributed by atoms with van der Waals surface area (Å²) in [5.74, 6) is -0.903. The average molecular weight is 841 g/mol. The highest BCUT2D eigenvalue weighted by molar-refractivity contribution is 5.71. The van der Waals surface area contributed by atoms with Crippen LogP contribution in [0.15, 0.2) is 48.6 Å². The van der Waals surface area contributed by atoms with E-state index in [-0.39, 0.29) is 31.1 Å². The van der Waals surface area contributed by atoms with Gasteiger partial charge in [0.15, 0.2) is 6.10 Å². The van der Waals surface area contributed by atoms with Crippen LogP contribution in [-0.4, -0.2) is 37.2 Å². The minimum absolute atomic E-state index is 0.0796. The molecule has 0 N–H and O–H groups in total. The Morgan fingerprint density at radius 3 is 1.02 bits per heavy atom. The molecular weight excluding hydrogens is 745 g/mol. The van der Waals surface area contributed by atoms with Crippen LogP contribution in [0.4, 0.5) is 0 Å². The first-order chi connectivity index (χ1) is 29.5. The number of esters is 3. The number of allylic oxidation sites excluding steroid dienone is 8. The molecule has 0 radical (unpaired) electrons. The summed E-state index contributed by atoms with van der Waals surface area (Å²) in [4.78, 5) is 37.9. The lowest BCUT2D eigenvalue weighted by atomic mass is 10.0. The zero-order valence-electron chi connectivity index (χ0n) is 39.7. The maximum atomic E-state index is 12.8. The maximum absolute atomic E-state index is 12.8. The zero-order chi connectivity index (χ0) is 43.7. The summed E-state index contributed by atoms with van der Waals surface area (Å²) in [5, 5.41) is 0. The Bertz CT molecular complexity index is 1060. The van der Waals surface area contributed by atoms with Crippen molar-refractivity contribution in [3.05, 3.63) is 48.6 Å². The van der Waals surface area contributed by atoms with Crippen LogP contribution in [-0.2, 0) is 28.6 Å². The quantitative estimate of drug-likeness (QED) is 0.0263. The lowest BCUT2D eigenvalue weighted by Crippen LogP contribution is -2.30. The molecule has 0 aliphatic rings. The van der Waals surface area contributed by atoms with Crippen LogP contribution in [0.5, 0.6) is 0 Å². The van der Waals surface area contributed by atoms with E-state index in [0.717, 1.165) is 89.9 Å². The number of hydrogen-bond donors (Lipinski definition) is 0. The fraction of sp³-hybridized carbons (Fsp3) is 0.796. The molecule has 0 spiro atoms. The molecule has 1 atom stereocenters. The predicted octanol–water partition coefficient (Wildman–Crippen LogP) is 16.7. The molecule has 0 aromatic rings. The standard InChI is InChI=1S/C54H96O6/c1-4-7-10-13-16-19-22-25-26-27-30-32-35-38-41-44-47-53(56)59-50-51(60-54(57)48-45-42-39-36-33-29-24-21-18-15-12-9-6-3)49-58-52(55)46-43-40-37-34-31-28-23-20-17-14-11-8-5-2/h7,10,16,19,25-26,30,32,51H,4-6,8-9,11-15,17-18,20-24,27-29,31,33-50H2,1-3H3/b10-7-,19-16-,26-25-,32-30-. The molecule has 6 heteroatoms. The van der Waals surface area contributed by atoms with Gasteiger partial charge in [0.2, 0.25) is 0 Å². The summed E-state index contributed by atoms with van der Waals surface area (Å²) >= 11 is 0. The molecule has 0 aliphatic carbocycles. The second kappa shape index (κ2) is 49.0. The molecule has 0 saturated heterocycles. The van der Waals surface area contributed by atoms with E-state index in [9.17, 15) is 14.4 Å². The molecule has 0 aromatic heterocycles. The van der Waals surface area contributed by atoms with Crippen LogP contribution >= 0.6 is 0 Å². The molecule has 0 aromatic carbocycles. The van der Waals surface area contributed by atoms with Crippen molar-refractivity contribution in [2.45, 2.75) is 264 Å². The van der Waals surface area contributed by atoms with Gasteiger partial charge in [-0.1, -0.05) is 230 Å². The first-order valence-electron chi connectivity index (χ1n) is 25.6. The molecule has 348 valence electrons. The van der Waals surface area contributed by atoms with Crippen molar-refractivity contribution in [1.82, 2.24) is 0 Å². The van der Waals surface area contributed by atoms with Crippen molar-refractivity contribution in [3.8, 4) is 0 Å². The highest BCUT2D eigenvalue weighted by atomic mass is 16.6. The van der Waals surface area contributed by atoms with Gasteiger partial charge in [-0.3, -0.25) is 14.4 Å². The van der Waals surface area contributed by atoms with Crippen molar-refractivity contribution < 1.29 is 28.6 Å². The van der Waals surface area contributed by atoms with Crippen molar-refractivity contribution in [1.29, 1.82) is 0 Å². The second-order valence-electron chi connectivity index (χ2n) is 17.1. The summed E-state index contributed by atoms with van der Waals surface area (Å²) in [6.07, 6.45) is 58.0. The number of carbonyl (C=O) groups is 3. The highest BCUT2D eigenvalue weighted by Crippen LogP contribution is 2.16. The van der Waals surface area contributed by atoms with E-state index >= 15 is 0 Å². The van der Waals surface area contributed by atoms with Gasteiger partial charge < -0.3 is 14.2 Å². The van der Waals surface area contributed by atoms with E-state index < -0.39 is 6.10 Å². The van der Waals surface area contributed by atoms with Crippen LogP contribution in [0.2, 0.25) is 0 Å². The van der Waals surface area contributed by atoms with Gasteiger partial charge >= 0.3 is 17.9 Å². The number of ether oxygens (including phenoxy) is 3. The number of unbranched alkanes of at least 4 members (excludes halogenated alkanes) is 27. The summed E-state index contributed by atoms with van der Waals surface area (Å²) in [6.45, 7) is 6.51. The average Bonchev–Trinajstić information content (AvgIpc) is 3.24. The van der Waals surface area contributed by atoms with E-state index in [1.54, 1.807) is 0 Å². The van der Waals surface area contributed by atoms with Crippen molar-refractivity contribution in [2.75, 3.05) is 13.2 Å². The fourth-order valence-electron chi connectivity index (χ4n) is 7.26. The van der Waals surface area contributed by atoms with E-state index in [4.69, 9.17) is 14.2 Å². The third-order valence-corrected chi connectivity index (χ3v) is 11.1. The van der Waals surface area contributed by atoms with Gasteiger partial charge in [-0.05, 0) is 57.8 Å². The maximum Gasteiger partial charge on any atom is 0.306 e. The normalized spacial score (nSPS) is 12.4. The van der Waals surface area contributed by atoms with Gasteiger partial charge in [-0.25, -0.2) is 0 Å². The Hall–Kier alpha value is -2.63. The SMILES string of the molecule is CC/C=C\C/C=C\C/C=C\C/C=C\CCCCCC(=O)OCC(COC(=O)CCCCCCCCCCCCCCC)OC(=O)CCCCCCCCCCCCCCC. The Balaban J connectivity index is 4.40. The summed E-state index contributed by atoms with van der Waals surface area (Å²) < 4.78 is 16.8. The van der Waals surface area contributed by atoms with Crippen molar-refractivity contribution in [3.63, 3.8) is 0 Å². The summed E-state index contributed by atoms with van der Waals surface area (Å²) in [6, 6.07) is 0. The molecule has 1 unspecified atom stereocenters. The first-order valence-corrected chi connectivity index (χ1v) is 25.6. The van der Waals surface area contributed by atoms with E-state index in [2.05, 4.69) is 69.4 Å². The third-order valence-electron chi connectivity index (χ3n) is 11.1. The lowest BCUT2D eigenvalue weighted by molar-refractivity contribution is -0.167. The largest absolute Gasteiger partial charge is 0.462 e. The Labute approximate surface area is 371 Å². The molecule has 0 aliphatic heterocycles. The third kappa shape index (κ3) is 46.4. The molecule has 6 nitrogen and oxygen atoms in total. The van der Waals surface area contributed by atoms with E-state index in [1.807, 2.05) is 0 Å². The molecule has 0 heterocycles. The van der Waals surface area contributed by atoms with Crippen LogP contribution in [0.25, 0.3) is 0 Å². The Morgan fingerprint density at radius 2 is 0.650 bits per heavy atom. The molecule has 60 heavy (non-hydrogen) atoms. The number of rotatable bonds is 46. The van der Waals surface area contributed by atoms with Gasteiger partial charge in [-0.15, -0.1) is 0 Å². The van der Waals surface area contributed by atoms with Crippen LogP contribution < -0.4 is 0 Å². The Kier molecular flexibility index (Phi) is 46.9. The summed E-state index contributed by atoms with van der Waals surface area (Å²) in [7, 11) is 0. The van der Waals surface area contributed by atoms with Gasteiger partial charge in [0.25, 0.3) is 0 Å². The van der Waals surface area contributed by atoms with Crippen LogP contribution in [0, 0.1) is 0 Å². The number of hydrogen-bond acceptors (Lipinski definition) is 6. The minimum atomic E-state index is -0.780. The molecule has 0 bridgehead atoms. The summed E-state index contributed by atoms with van der Waals surface area (Å²) in [5.41, 5.74) is 0. The number of carbonyl (C=O) groups excluding carboxylic acids is 3. The van der Waals surface area contributed by atoms with Crippen molar-refractivity contribution >= 4 is 17.9 Å². The molecule has 0 rings (SSSR count). The smallest absolute Gasteiger partial charge is 0.306 e. The fourth-order valence-corrected chi connectivity index (χ4v) is 7.26. The monoisotopic (exact) mass is 841 g/mol. The first kappa shape index (κ1) is 57.4. The minimum Gasteiger partial charge on any atom is -0.462 e. The molecule has 0 fully saturated rings. The van der Waals surface area contributed by atoms with E-state index in [0.29, 0.717) is 19.3 Å². The topological polar surface area (TPSA) is 78.9 Å². The van der Waals surface area contributed by atoms with Gasteiger partial charge in [0, 0.05) is 19.3 Å². The van der Waals surface area contributed by atoms with Crippen molar-refractivity contribution in [2.24, 2.45) is 0 Å². The van der Waals surface area contributed by atoms with E-state index in [1.165, 1.54) is 128 Å². The molecular formula is C54H96O6. The van der Waals surface area contributed by atoms with Crippen LogP contribution in [0.1, 0.15) is 258 Å².